The molecule has 0 spiro atoms. The van der Waals surface area contributed by atoms with Gasteiger partial charge < -0.3 is 10.1 Å². The molecule has 1 amide bonds. The Hall–Kier alpha value is -2.54. The van der Waals surface area contributed by atoms with Crippen LogP contribution >= 0.6 is 0 Å². The summed E-state index contributed by atoms with van der Waals surface area (Å²) in [5.74, 6) is 0.365. The smallest absolute Gasteiger partial charge is 0.240 e. The molecular formula is C22H28N2O4S. The van der Waals surface area contributed by atoms with Crippen molar-refractivity contribution in [2.45, 2.75) is 44.8 Å². The zero-order valence-electron chi connectivity index (χ0n) is 16.7. The number of rotatable bonds is 8. The van der Waals surface area contributed by atoms with Crippen LogP contribution in [0.4, 0.5) is 5.69 Å². The molecule has 3 rings (SSSR count). The van der Waals surface area contributed by atoms with Gasteiger partial charge in [-0.1, -0.05) is 49.6 Å². The van der Waals surface area contributed by atoms with Crippen LogP contribution in [0.15, 0.2) is 54.6 Å². The first kappa shape index (κ1) is 21.2. The van der Waals surface area contributed by atoms with Crippen molar-refractivity contribution in [3.05, 3.63) is 60.2 Å². The van der Waals surface area contributed by atoms with Gasteiger partial charge in [0.2, 0.25) is 15.9 Å². The highest BCUT2D eigenvalue weighted by Gasteiger charge is 2.23. The molecule has 0 heterocycles. The van der Waals surface area contributed by atoms with Gasteiger partial charge in [-0.05, 0) is 42.7 Å². The second-order valence-corrected chi connectivity index (χ2v) is 9.35. The number of carbonyl (C=O) groups is 1. The lowest BCUT2D eigenvalue weighted by Gasteiger charge is -2.26. The number of ether oxygens (including phenoxy) is 1. The van der Waals surface area contributed by atoms with E-state index in [-0.39, 0.29) is 18.5 Å². The molecule has 29 heavy (non-hydrogen) atoms. The molecule has 156 valence electrons. The lowest BCUT2D eigenvalue weighted by molar-refractivity contribution is -0.120. The van der Waals surface area contributed by atoms with E-state index in [9.17, 15) is 13.2 Å². The molecule has 1 fully saturated rings. The molecule has 2 aromatic carbocycles. The quantitative estimate of drug-likeness (QED) is 0.715. The number of nitrogens with zero attached hydrogens (tertiary/aromatic N) is 1. The highest BCUT2D eigenvalue weighted by Crippen LogP contribution is 2.23. The molecular weight excluding hydrogens is 388 g/mol. The van der Waals surface area contributed by atoms with Gasteiger partial charge >= 0.3 is 0 Å². The lowest BCUT2D eigenvalue weighted by Crippen LogP contribution is -2.44. The van der Waals surface area contributed by atoms with Crippen molar-refractivity contribution in [1.29, 1.82) is 0 Å². The molecule has 0 radical (unpaired) electrons. The molecule has 1 saturated carbocycles. The number of benzene rings is 2. The van der Waals surface area contributed by atoms with E-state index >= 15 is 0 Å². The molecule has 6 nitrogen and oxygen atoms in total. The fourth-order valence-electron chi connectivity index (χ4n) is 3.50. The molecule has 0 aromatic heterocycles. The van der Waals surface area contributed by atoms with Crippen LogP contribution in [0.1, 0.15) is 37.7 Å². The molecule has 0 bridgehead atoms. The first-order chi connectivity index (χ1) is 13.9. The molecule has 2 aromatic rings. The van der Waals surface area contributed by atoms with Crippen LogP contribution in [0.5, 0.6) is 5.75 Å². The zero-order chi connectivity index (χ0) is 20.7. The topological polar surface area (TPSA) is 75.7 Å². The Labute approximate surface area is 172 Å². The minimum Gasteiger partial charge on any atom is -0.489 e. The van der Waals surface area contributed by atoms with Crippen molar-refractivity contribution in [2.75, 3.05) is 17.1 Å². The van der Waals surface area contributed by atoms with Crippen LogP contribution in [0.2, 0.25) is 0 Å². The van der Waals surface area contributed by atoms with Crippen LogP contribution in [0.3, 0.4) is 0 Å². The number of amides is 1. The van der Waals surface area contributed by atoms with Crippen LogP contribution < -0.4 is 14.4 Å². The molecule has 0 aliphatic heterocycles. The normalized spacial score (nSPS) is 14.9. The SMILES string of the molecule is CS(=O)(=O)N(CC(=O)NC1CCCCC1)c1ccc(OCc2ccccc2)cc1. The first-order valence-electron chi connectivity index (χ1n) is 9.96. The van der Waals surface area contributed by atoms with Crippen LogP contribution in [-0.2, 0) is 21.4 Å². The summed E-state index contributed by atoms with van der Waals surface area (Å²) < 4.78 is 31.4. The maximum absolute atomic E-state index is 12.4. The molecule has 1 aliphatic carbocycles. The van der Waals surface area contributed by atoms with E-state index in [0.717, 1.165) is 41.8 Å². The van der Waals surface area contributed by atoms with Gasteiger partial charge in [0.25, 0.3) is 0 Å². The summed E-state index contributed by atoms with van der Waals surface area (Å²) in [5, 5.41) is 2.97. The molecule has 7 heteroatoms. The second kappa shape index (κ2) is 9.78. The Kier molecular flexibility index (Phi) is 7.14. The summed E-state index contributed by atoms with van der Waals surface area (Å²) in [6, 6.07) is 16.7. The number of hydrogen-bond acceptors (Lipinski definition) is 4. The minimum absolute atomic E-state index is 0.145. The van der Waals surface area contributed by atoms with Gasteiger partial charge in [0.05, 0.1) is 11.9 Å². The Morgan fingerprint density at radius 3 is 2.31 bits per heavy atom. The third kappa shape index (κ3) is 6.49. The Morgan fingerprint density at radius 1 is 1.03 bits per heavy atom. The summed E-state index contributed by atoms with van der Waals surface area (Å²) >= 11 is 0. The molecule has 1 aliphatic rings. The minimum atomic E-state index is -3.59. The monoisotopic (exact) mass is 416 g/mol. The largest absolute Gasteiger partial charge is 0.489 e. The fourth-order valence-corrected chi connectivity index (χ4v) is 4.36. The zero-order valence-corrected chi connectivity index (χ0v) is 17.5. The van der Waals surface area contributed by atoms with Gasteiger partial charge in [0.1, 0.15) is 18.9 Å². The van der Waals surface area contributed by atoms with E-state index in [2.05, 4.69) is 5.32 Å². The third-order valence-corrected chi connectivity index (χ3v) is 6.17. The van der Waals surface area contributed by atoms with Crippen LogP contribution in [0, 0.1) is 0 Å². The number of anilines is 1. The maximum atomic E-state index is 12.4. The highest BCUT2D eigenvalue weighted by molar-refractivity contribution is 7.92. The van der Waals surface area contributed by atoms with Gasteiger partial charge in [-0.25, -0.2) is 8.42 Å². The summed E-state index contributed by atoms with van der Waals surface area (Å²) in [6.07, 6.45) is 6.42. The van der Waals surface area contributed by atoms with Crippen molar-refractivity contribution in [2.24, 2.45) is 0 Å². The predicted octanol–water partition coefficient (Wildman–Crippen LogP) is 3.48. The third-order valence-electron chi connectivity index (χ3n) is 5.03. The Balaban J connectivity index is 1.63. The standard InChI is InChI=1S/C22H28N2O4S/c1-29(26,27)24(16-22(25)23-19-10-6-3-7-11-19)20-12-14-21(15-13-20)28-17-18-8-4-2-5-9-18/h2,4-5,8-9,12-15,19H,3,6-7,10-11,16-17H2,1H3,(H,23,25). The van der Waals surface area contributed by atoms with Gasteiger partial charge in [-0.3, -0.25) is 9.10 Å². The van der Waals surface area contributed by atoms with Gasteiger partial charge in [-0.2, -0.15) is 0 Å². The summed E-state index contributed by atoms with van der Waals surface area (Å²) in [5.41, 5.74) is 1.49. The van der Waals surface area contributed by atoms with Crippen molar-refractivity contribution in [3.63, 3.8) is 0 Å². The van der Waals surface area contributed by atoms with Crippen molar-refractivity contribution >= 4 is 21.6 Å². The second-order valence-electron chi connectivity index (χ2n) is 7.44. The van der Waals surface area contributed by atoms with E-state index < -0.39 is 10.0 Å². The Bertz CT molecular complexity index is 892. The van der Waals surface area contributed by atoms with Crippen molar-refractivity contribution in [1.82, 2.24) is 5.32 Å². The summed E-state index contributed by atoms with van der Waals surface area (Å²) in [4.78, 5) is 12.4. The first-order valence-corrected chi connectivity index (χ1v) is 11.8. The van der Waals surface area contributed by atoms with Crippen LogP contribution in [0.25, 0.3) is 0 Å². The highest BCUT2D eigenvalue weighted by atomic mass is 32.2. The fraction of sp³-hybridized carbons (Fsp3) is 0.409. The van der Waals surface area contributed by atoms with E-state index in [1.807, 2.05) is 30.3 Å². The molecule has 0 unspecified atom stereocenters. The van der Waals surface area contributed by atoms with Gasteiger partial charge in [0.15, 0.2) is 0 Å². The average molecular weight is 417 g/mol. The maximum Gasteiger partial charge on any atom is 0.240 e. The molecule has 0 saturated heterocycles. The van der Waals surface area contributed by atoms with E-state index in [1.54, 1.807) is 24.3 Å². The van der Waals surface area contributed by atoms with Gasteiger partial charge in [-0.15, -0.1) is 0 Å². The number of sulfonamides is 1. The summed E-state index contributed by atoms with van der Waals surface area (Å²) in [6.45, 7) is 0.208. The van der Waals surface area contributed by atoms with Crippen LogP contribution in [-0.4, -0.2) is 33.2 Å². The van der Waals surface area contributed by atoms with E-state index in [1.165, 1.54) is 6.42 Å². The van der Waals surface area contributed by atoms with Crippen molar-refractivity contribution < 1.29 is 17.9 Å². The average Bonchev–Trinajstić information content (AvgIpc) is 2.72. The van der Waals surface area contributed by atoms with E-state index in [0.29, 0.717) is 18.0 Å². The predicted molar refractivity (Wildman–Crippen MR) is 114 cm³/mol. The lowest BCUT2D eigenvalue weighted by atomic mass is 9.95. The van der Waals surface area contributed by atoms with E-state index in [4.69, 9.17) is 4.74 Å². The number of nitrogens with one attached hydrogen (secondary N) is 1. The Morgan fingerprint density at radius 2 is 1.69 bits per heavy atom. The molecule has 0 atom stereocenters. The van der Waals surface area contributed by atoms with Gasteiger partial charge in [0, 0.05) is 6.04 Å². The summed E-state index contributed by atoms with van der Waals surface area (Å²) in [7, 11) is -3.59. The number of hydrogen-bond donors (Lipinski definition) is 1. The van der Waals surface area contributed by atoms with Crippen molar-refractivity contribution in [3.8, 4) is 5.75 Å². The number of carbonyl (C=O) groups excluding carboxylic acids is 1. The molecule has 1 N–H and O–H groups in total.